The zero-order valence-corrected chi connectivity index (χ0v) is 20.2. The number of piperazine rings is 1. The van der Waals surface area contributed by atoms with E-state index in [4.69, 9.17) is 4.42 Å². The number of anilines is 2. The molecule has 34 heavy (non-hydrogen) atoms. The van der Waals surface area contributed by atoms with E-state index in [9.17, 15) is 14.9 Å². The van der Waals surface area contributed by atoms with Crippen LogP contribution in [0.25, 0.3) is 22.9 Å². The van der Waals surface area contributed by atoms with Crippen LogP contribution in [-0.2, 0) is 11.3 Å². The van der Waals surface area contributed by atoms with Crippen LogP contribution in [0.5, 0.6) is 0 Å². The Morgan fingerprint density at radius 1 is 1.29 bits per heavy atom. The first-order chi connectivity index (χ1) is 16.4. The monoisotopic (exact) mass is 481 g/mol. The average Bonchev–Trinajstić information content (AvgIpc) is 3.39. The number of oxazole rings is 1. The van der Waals surface area contributed by atoms with Crippen LogP contribution in [0.3, 0.4) is 0 Å². The molecule has 1 saturated heterocycles. The molecule has 4 rings (SSSR count). The summed E-state index contributed by atoms with van der Waals surface area (Å²) < 4.78 is 8.17. The standard InChI is InChI=1S/C23H27N7O3S/c1-4-25-20(31)16(13-24)22-30(5-2)21(32)19(34-22)14-26-15-6-7-17-18(12-15)33-23(27-17)29-10-8-28(3)9-11-29/h6-7,12,14,26H,4-5,8-11H2,1-3H3,(H,25,31)/b19-14-,22-16+. The molecule has 0 aliphatic carbocycles. The molecule has 1 amide bonds. The minimum Gasteiger partial charge on any atom is -0.423 e. The number of nitrogens with zero attached hydrogens (tertiary/aromatic N) is 5. The van der Waals surface area contributed by atoms with Gasteiger partial charge in [-0.25, -0.2) is 0 Å². The van der Waals surface area contributed by atoms with Crippen molar-refractivity contribution >= 4 is 51.8 Å². The third-order valence-electron chi connectivity index (χ3n) is 5.63. The summed E-state index contributed by atoms with van der Waals surface area (Å²) in [5.74, 6) is -0.486. The van der Waals surface area contributed by atoms with Gasteiger partial charge in [-0.15, -0.1) is 11.3 Å². The predicted octanol–water partition coefficient (Wildman–Crippen LogP) is 0.483. The van der Waals surface area contributed by atoms with Crippen molar-refractivity contribution < 1.29 is 9.21 Å². The minimum absolute atomic E-state index is 0.0648. The fourth-order valence-electron chi connectivity index (χ4n) is 3.72. The first-order valence-corrected chi connectivity index (χ1v) is 12.0. The number of hydrogen-bond acceptors (Lipinski definition) is 9. The average molecular weight is 482 g/mol. The zero-order chi connectivity index (χ0) is 24.2. The van der Waals surface area contributed by atoms with E-state index in [1.54, 1.807) is 20.0 Å². The second-order valence-corrected chi connectivity index (χ2v) is 8.96. The lowest BCUT2D eigenvalue weighted by atomic mass is 10.3. The van der Waals surface area contributed by atoms with Gasteiger partial charge in [0.25, 0.3) is 17.5 Å². The van der Waals surface area contributed by atoms with E-state index in [1.807, 2.05) is 24.3 Å². The molecule has 1 aromatic carbocycles. The van der Waals surface area contributed by atoms with Gasteiger partial charge < -0.3 is 24.9 Å². The third kappa shape index (κ3) is 4.69. The van der Waals surface area contributed by atoms with Crippen LogP contribution in [0.4, 0.5) is 11.7 Å². The lowest BCUT2D eigenvalue weighted by molar-refractivity contribution is -0.115. The molecule has 0 saturated carbocycles. The molecule has 2 aromatic heterocycles. The highest BCUT2D eigenvalue weighted by Crippen LogP contribution is 2.25. The fraction of sp³-hybridized carbons (Fsp3) is 0.391. The Labute approximate surface area is 200 Å². The van der Waals surface area contributed by atoms with Gasteiger partial charge in [-0.3, -0.25) is 14.2 Å². The molecule has 1 fully saturated rings. The molecule has 10 nitrogen and oxygen atoms in total. The zero-order valence-electron chi connectivity index (χ0n) is 19.4. The third-order valence-corrected chi connectivity index (χ3v) is 6.77. The number of carbonyl (C=O) groups excluding carboxylic acids is 1. The molecule has 0 bridgehead atoms. The van der Waals surface area contributed by atoms with Crippen LogP contribution >= 0.6 is 11.3 Å². The predicted molar refractivity (Wildman–Crippen MR) is 133 cm³/mol. The van der Waals surface area contributed by atoms with Crippen LogP contribution in [0.2, 0.25) is 0 Å². The highest BCUT2D eigenvalue weighted by molar-refractivity contribution is 7.07. The molecule has 178 valence electrons. The molecule has 1 aliphatic rings. The summed E-state index contributed by atoms with van der Waals surface area (Å²) in [6.07, 6.45) is 1.59. The maximum Gasteiger partial charge on any atom is 0.298 e. The number of amides is 1. The van der Waals surface area contributed by atoms with Gasteiger partial charge in [-0.1, -0.05) is 0 Å². The summed E-state index contributed by atoms with van der Waals surface area (Å²) in [7, 11) is 2.10. The van der Waals surface area contributed by atoms with Gasteiger partial charge in [-0.05, 0) is 33.0 Å². The smallest absolute Gasteiger partial charge is 0.298 e. The number of nitrogens with one attached hydrogen (secondary N) is 2. The van der Waals surface area contributed by atoms with E-state index in [0.717, 1.165) is 48.7 Å². The van der Waals surface area contributed by atoms with Gasteiger partial charge in [0, 0.05) is 57.2 Å². The first-order valence-electron chi connectivity index (χ1n) is 11.2. The Morgan fingerprint density at radius 3 is 2.74 bits per heavy atom. The second kappa shape index (κ2) is 10.1. The summed E-state index contributed by atoms with van der Waals surface area (Å²) in [6.45, 7) is 7.98. The molecule has 0 atom stereocenters. The SMILES string of the molecule is CCNC(=O)/C(C#N)=c1/s/c(=C\Nc2ccc3nc(N4CCN(C)CC4)oc3c2)c(=O)n1CC. The Kier molecular flexibility index (Phi) is 7.00. The molecular formula is C23H27N7O3S. The molecule has 3 aromatic rings. The molecule has 0 spiro atoms. The highest BCUT2D eigenvalue weighted by atomic mass is 32.1. The van der Waals surface area contributed by atoms with E-state index in [2.05, 4.69) is 32.5 Å². The van der Waals surface area contributed by atoms with Gasteiger partial charge in [0.15, 0.2) is 11.2 Å². The summed E-state index contributed by atoms with van der Waals surface area (Å²) in [6, 6.07) is 8.13. The number of rotatable bonds is 6. The minimum atomic E-state index is -0.486. The first kappa shape index (κ1) is 23.5. The molecule has 0 unspecified atom stereocenters. The maximum absolute atomic E-state index is 12.9. The van der Waals surface area contributed by atoms with Gasteiger partial charge in [0.1, 0.15) is 20.8 Å². The highest BCUT2D eigenvalue weighted by Gasteiger charge is 2.19. The van der Waals surface area contributed by atoms with Crippen molar-refractivity contribution in [2.75, 3.05) is 50.0 Å². The summed E-state index contributed by atoms with van der Waals surface area (Å²) in [4.78, 5) is 34.1. The summed E-state index contributed by atoms with van der Waals surface area (Å²) >= 11 is 1.11. The summed E-state index contributed by atoms with van der Waals surface area (Å²) in [5, 5.41) is 15.3. The van der Waals surface area contributed by atoms with Crippen molar-refractivity contribution in [3.63, 3.8) is 0 Å². The maximum atomic E-state index is 12.9. The van der Waals surface area contributed by atoms with Crippen LogP contribution in [-0.4, -0.2) is 60.1 Å². The van der Waals surface area contributed by atoms with E-state index < -0.39 is 5.91 Å². The van der Waals surface area contributed by atoms with E-state index in [0.29, 0.717) is 33.9 Å². The lowest BCUT2D eigenvalue weighted by Gasteiger charge is -2.31. The van der Waals surface area contributed by atoms with Crippen molar-refractivity contribution in [3.05, 3.63) is 37.7 Å². The normalized spacial score (nSPS) is 15.9. The van der Waals surface area contributed by atoms with Gasteiger partial charge in [-0.2, -0.15) is 10.2 Å². The van der Waals surface area contributed by atoms with Crippen LogP contribution in [0.1, 0.15) is 13.8 Å². The van der Waals surface area contributed by atoms with Gasteiger partial charge in [0.05, 0.1) is 0 Å². The Bertz CT molecular complexity index is 1420. The summed E-state index contributed by atoms with van der Waals surface area (Å²) in [5.41, 5.74) is 1.83. The number of carbonyl (C=O) groups is 1. The number of likely N-dealkylation sites (N-methyl/N-ethyl adjacent to an activating group) is 1. The lowest BCUT2D eigenvalue weighted by Crippen LogP contribution is -2.44. The number of benzene rings is 1. The second-order valence-electron chi connectivity index (χ2n) is 7.93. The van der Waals surface area contributed by atoms with Crippen molar-refractivity contribution in [2.24, 2.45) is 0 Å². The van der Waals surface area contributed by atoms with E-state index >= 15 is 0 Å². The molecule has 11 heteroatoms. The van der Waals surface area contributed by atoms with E-state index in [-0.39, 0.29) is 11.1 Å². The number of nitriles is 1. The molecular weight excluding hydrogens is 454 g/mol. The fourth-order valence-corrected chi connectivity index (χ4v) is 4.81. The Morgan fingerprint density at radius 2 is 2.06 bits per heavy atom. The van der Waals surface area contributed by atoms with Crippen molar-refractivity contribution in [1.29, 1.82) is 5.26 Å². The molecule has 2 N–H and O–H groups in total. The van der Waals surface area contributed by atoms with E-state index in [1.165, 1.54) is 4.57 Å². The largest absolute Gasteiger partial charge is 0.423 e. The van der Waals surface area contributed by atoms with Gasteiger partial charge in [0.2, 0.25) is 0 Å². The Balaban J connectivity index is 1.64. The Hall–Kier alpha value is -3.62. The van der Waals surface area contributed by atoms with Crippen molar-refractivity contribution in [1.82, 2.24) is 19.8 Å². The van der Waals surface area contributed by atoms with Crippen molar-refractivity contribution in [2.45, 2.75) is 20.4 Å². The molecule has 1 aliphatic heterocycles. The number of thiazole rings is 1. The number of hydrogen-bond donors (Lipinski definition) is 2. The van der Waals surface area contributed by atoms with Crippen LogP contribution in [0.15, 0.2) is 27.4 Å². The van der Waals surface area contributed by atoms with Crippen LogP contribution < -0.4 is 30.3 Å². The quantitative estimate of drug-likeness (QED) is 0.522. The number of fused-ring (bicyclic) bond motifs is 1. The molecule has 0 radical (unpaired) electrons. The molecule has 3 heterocycles. The van der Waals surface area contributed by atoms with Crippen LogP contribution in [0, 0.1) is 11.3 Å². The number of aromatic nitrogens is 2. The van der Waals surface area contributed by atoms with Gasteiger partial charge >= 0.3 is 0 Å². The topological polar surface area (TPSA) is 119 Å². The van der Waals surface area contributed by atoms with Crippen molar-refractivity contribution in [3.8, 4) is 6.07 Å².